The summed E-state index contributed by atoms with van der Waals surface area (Å²) in [5.74, 6) is -1.85. The molecule has 0 aromatic heterocycles. The average molecular weight is 627 g/mol. The number of nitrogens with one attached hydrogen (secondary N) is 1. The lowest BCUT2D eigenvalue weighted by Gasteiger charge is -2.34. The zero-order valence-corrected chi connectivity index (χ0v) is 24.2. The summed E-state index contributed by atoms with van der Waals surface area (Å²) >= 11 is 6.87. The molecule has 33 heavy (non-hydrogen) atoms. The molecule has 2 unspecified atom stereocenters. The molecule has 0 radical (unpaired) electrons. The van der Waals surface area contributed by atoms with Gasteiger partial charge in [0.05, 0.1) is 26.4 Å². The van der Waals surface area contributed by atoms with E-state index < -0.39 is 26.8 Å². The summed E-state index contributed by atoms with van der Waals surface area (Å²) in [6.07, 6.45) is 0. The van der Waals surface area contributed by atoms with Crippen LogP contribution in [0.4, 0.5) is 0 Å². The topological polar surface area (TPSA) is 83.1 Å². The molecule has 0 amide bonds. The highest BCUT2D eigenvalue weighted by atomic mass is 79.9. The number of halogens is 2. The van der Waals surface area contributed by atoms with Crippen molar-refractivity contribution in [2.75, 3.05) is 26.4 Å². The molecule has 0 spiro atoms. The SMILES string of the molecule is CCOP(=O)(OCC)C(NC(c1ccc(Br)cc1)P(=O)(OCC)OCC)c1ccc(Br)cc1. The molecule has 0 saturated heterocycles. The molecule has 0 aliphatic rings. The fraction of sp³-hybridized carbons (Fsp3) is 0.455. The Hall–Kier alpha value is -0.340. The third-order valence-electron chi connectivity index (χ3n) is 4.56. The van der Waals surface area contributed by atoms with E-state index in [1.165, 1.54) is 0 Å². The van der Waals surface area contributed by atoms with Gasteiger partial charge < -0.3 is 18.1 Å². The predicted molar refractivity (Wildman–Crippen MR) is 139 cm³/mol. The molecule has 0 aliphatic heterocycles. The summed E-state index contributed by atoms with van der Waals surface area (Å²) in [5.41, 5.74) is 1.31. The van der Waals surface area contributed by atoms with E-state index >= 15 is 0 Å². The Balaban J connectivity index is 2.66. The lowest BCUT2D eigenvalue weighted by molar-refractivity contribution is 0.196. The van der Waals surface area contributed by atoms with Crippen molar-refractivity contribution in [2.45, 2.75) is 39.3 Å². The van der Waals surface area contributed by atoms with Crippen molar-refractivity contribution in [2.24, 2.45) is 0 Å². The molecule has 0 heterocycles. The van der Waals surface area contributed by atoms with Gasteiger partial charge in [-0.3, -0.25) is 14.4 Å². The molecule has 7 nitrogen and oxygen atoms in total. The quantitative estimate of drug-likeness (QED) is 0.213. The number of benzene rings is 2. The highest BCUT2D eigenvalue weighted by Crippen LogP contribution is 2.65. The van der Waals surface area contributed by atoms with Gasteiger partial charge in [0.1, 0.15) is 11.6 Å². The molecular formula is C22H31Br2NO6P2. The summed E-state index contributed by atoms with van der Waals surface area (Å²) in [5, 5.41) is 3.29. The highest BCUT2D eigenvalue weighted by molar-refractivity contribution is 9.10. The van der Waals surface area contributed by atoms with Crippen LogP contribution >= 0.6 is 47.1 Å². The molecule has 2 aromatic rings. The van der Waals surface area contributed by atoms with Gasteiger partial charge in [-0.1, -0.05) is 56.1 Å². The van der Waals surface area contributed by atoms with Gasteiger partial charge in [-0.25, -0.2) is 0 Å². The second-order valence-electron chi connectivity index (χ2n) is 6.83. The standard InChI is InChI=1S/C22H31Br2NO6P2/c1-5-28-32(26,29-6-2)21(17-9-13-19(23)14-10-17)25-22(18-11-15-20(24)16-12-18)33(27,30-7-3)31-8-4/h9-16,21-22,25H,5-8H2,1-4H3. The minimum atomic E-state index is -3.73. The van der Waals surface area contributed by atoms with Crippen molar-refractivity contribution < 1.29 is 27.2 Å². The molecule has 1 N–H and O–H groups in total. The summed E-state index contributed by atoms with van der Waals surface area (Å²) in [6.45, 7) is 7.74. The van der Waals surface area contributed by atoms with Gasteiger partial charge in [-0.2, -0.15) is 0 Å². The lowest BCUT2D eigenvalue weighted by Crippen LogP contribution is -2.29. The number of hydrogen-bond acceptors (Lipinski definition) is 7. The summed E-state index contributed by atoms with van der Waals surface area (Å²) in [4.78, 5) is 0. The Morgan fingerprint density at radius 1 is 0.636 bits per heavy atom. The van der Waals surface area contributed by atoms with Crippen LogP contribution in [0.2, 0.25) is 0 Å². The maximum atomic E-state index is 14.0. The smallest absolute Gasteiger partial charge is 0.308 e. The first kappa shape index (κ1) is 28.9. The van der Waals surface area contributed by atoms with Crippen LogP contribution in [0.3, 0.4) is 0 Å². The zero-order valence-electron chi connectivity index (χ0n) is 19.2. The first-order valence-electron chi connectivity index (χ1n) is 10.8. The van der Waals surface area contributed by atoms with E-state index in [0.29, 0.717) is 11.1 Å². The van der Waals surface area contributed by atoms with Crippen molar-refractivity contribution in [3.8, 4) is 0 Å². The average Bonchev–Trinajstić information content (AvgIpc) is 2.77. The Bertz CT molecular complexity index is 861. The molecule has 184 valence electrons. The second-order valence-corrected chi connectivity index (χ2v) is 12.9. The molecule has 2 rings (SSSR count). The maximum absolute atomic E-state index is 14.0. The van der Waals surface area contributed by atoms with Crippen LogP contribution in [0.5, 0.6) is 0 Å². The maximum Gasteiger partial charge on any atom is 0.351 e. The first-order chi connectivity index (χ1) is 15.7. The van der Waals surface area contributed by atoms with Crippen LogP contribution in [-0.2, 0) is 27.2 Å². The Morgan fingerprint density at radius 2 is 0.909 bits per heavy atom. The fourth-order valence-electron chi connectivity index (χ4n) is 3.27. The van der Waals surface area contributed by atoms with E-state index in [1.54, 1.807) is 27.7 Å². The minimum Gasteiger partial charge on any atom is -0.308 e. The van der Waals surface area contributed by atoms with Crippen LogP contribution in [0.1, 0.15) is 50.4 Å². The molecule has 2 aromatic carbocycles. The molecule has 11 heteroatoms. The van der Waals surface area contributed by atoms with Crippen molar-refractivity contribution in [3.05, 3.63) is 68.6 Å². The van der Waals surface area contributed by atoms with Gasteiger partial charge in [0.25, 0.3) is 0 Å². The van der Waals surface area contributed by atoms with Crippen molar-refractivity contribution >= 4 is 47.1 Å². The van der Waals surface area contributed by atoms with Crippen LogP contribution in [-0.4, -0.2) is 26.4 Å². The van der Waals surface area contributed by atoms with Gasteiger partial charge in [-0.15, -0.1) is 0 Å². The third kappa shape index (κ3) is 7.83. The van der Waals surface area contributed by atoms with Gasteiger partial charge in [0.2, 0.25) is 0 Å². The van der Waals surface area contributed by atoms with Crippen molar-refractivity contribution in [1.29, 1.82) is 0 Å². The number of rotatable bonds is 14. The van der Waals surface area contributed by atoms with Crippen molar-refractivity contribution in [1.82, 2.24) is 5.32 Å². The van der Waals surface area contributed by atoms with Crippen LogP contribution in [0.25, 0.3) is 0 Å². The second kappa shape index (κ2) is 13.7. The van der Waals surface area contributed by atoms with E-state index in [2.05, 4.69) is 37.2 Å². The van der Waals surface area contributed by atoms with E-state index in [4.69, 9.17) is 18.1 Å². The monoisotopic (exact) mass is 625 g/mol. The molecular weight excluding hydrogens is 596 g/mol. The normalized spacial score (nSPS) is 14.2. The zero-order chi connectivity index (χ0) is 24.5. The Morgan fingerprint density at radius 3 is 1.15 bits per heavy atom. The molecule has 0 aliphatic carbocycles. The molecule has 0 bridgehead atoms. The summed E-state index contributed by atoms with van der Waals surface area (Å²) in [6, 6.07) is 14.6. The van der Waals surface area contributed by atoms with Crippen molar-refractivity contribution in [3.63, 3.8) is 0 Å². The minimum absolute atomic E-state index is 0.184. The largest absolute Gasteiger partial charge is 0.351 e. The molecule has 0 fully saturated rings. The van der Waals surface area contributed by atoms with Gasteiger partial charge >= 0.3 is 15.2 Å². The molecule has 2 atom stereocenters. The molecule has 0 saturated carbocycles. The van der Waals surface area contributed by atoms with Crippen LogP contribution in [0, 0.1) is 0 Å². The van der Waals surface area contributed by atoms with Gasteiger partial charge in [0, 0.05) is 8.95 Å². The summed E-state index contributed by atoms with van der Waals surface area (Å²) in [7, 11) is -7.45. The van der Waals surface area contributed by atoms with E-state index in [9.17, 15) is 9.13 Å². The first-order valence-corrected chi connectivity index (χ1v) is 15.6. The van der Waals surface area contributed by atoms with Gasteiger partial charge in [-0.05, 0) is 63.1 Å². The van der Waals surface area contributed by atoms with E-state index in [0.717, 1.165) is 8.95 Å². The summed E-state index contributed by atoms with van der Waals surface area (Å²) < 4.78 is 52.4. The highest BCUT2D eigenvalue weighted by Gasteiger charge is 2.44. The third-order valence-corrected chi connectivity index (χ3v) is 10.2. The Kier molecular flexibility index (Phi) is 12.0. The van der Waals surface area contributed by atoms with Gasteiger partial charge in [0.15, 0.2) is 0 Å². The number of hydrogen-bond donors (Lipinski definition) is 1. The van der Waals surface area contributed by atoms with Crippen LogP contribution in [0.15, 0.2) is 57.5 Å². The fourth-order valence-corrected chi connectivity index (χ4v) is 7.84. The predicted octanol–water partition coefficient (Wildman–Crippen LogP) is 8.03. The lowest BCUT2D eigenvalue weighted by atomic mass is 10.2. The Labute approximate surface area is 213 Å². The van der Waals surface area contributed by atoms with E-state index in [-0.39, 0.29) is 26.4 Å². The van der Waals surface area contributed by atoms with Crippen LogP contribution < -0.4 is 5.32 Å². The van der Waals surface area contributed by atoms with E-state index in [1.807, 2.05) is 48.5 Å².